The van der Waals surface area contributed by atoms with Crippen LogP contribution in [0.3, 0.4) is 0 Å². The summed E-state index contributed by atoms with van der Waals surface area (Å²) in [6.07, 6.45) is 5.63. The summed E-state index contributed by atoms with van der Waals surface area (Å²) < 4.78 is 0. The number of thiazole rings is 2. The Morgan fingerprint density at radius 3 is 2.52 bits per heavy atom. The normalized spacial score (nSPS) is 11.0. The smallest absolute Gasteiger partial charge is 0.225 e. The van der Waals surface area contributed by atoms with E-state index < -0.39 is 0 Å². The van der Waals surface area contributed by atoms with Crippen molar-refractivity contribution in [3.63, 3.8) is 0 Å². The molecule has 3 aromatic heterocycles. The molecule has 0 radical (unpaired) electrons. The molecular formula is C22H23N5S2. The number of rotatable bonds is 8. The predicted octanol–water partition coefficient (Wildman–Crippen LogP) is 5.18. The Morgan fingerprint density at radius 2 is 1.83 bits per heavy atom. The van der Waals surface area contributed by atoms with E-state index >= 15 is 0 Å². The largest absolute Gasteiger partial charge is 0.334 e. The third-order valence-corrected chi connectivity index (χ3v) is 6.46. The van der Waals surface area contributed by atoms with Gasteiger partial charge in [0.1, 0.15) is 5.01 Å². The van der Waals surface area contributed by atoms with Gasteiger partial charge < -0.3 is 4.90 Å². The van der Waals surface area contributed by atoms with E-state index in [2.05, 4.69) is 63.3 Å². The maximum atomic E-state index is 4.93. The highest BCUT2D eigenvalue weighted by atomic mass is 32.1. The number of anilines is 1. The van der Waals surface area contributed by atoms with Gasteiger partial charge in [-0.25, -0.2) is 19.9 Å². The lowest BCUT2D eigenvalue weighted by molar-refractivity contribution is 0.732. The molecule has 0 aliphatic rings. The van der Waals surface area contributed by atoms with Gasteiger partial charge in [0.15, 0.2) is 0 Å². The van der Waals surface area contributed by atoms with Crippen LogP contribution < -0.4 is 4.90 Å². The fraction of sp³-hybridized carbons (Fsp3) is 0.273. The van der Waals surface area contributed by atoms with E-state index in [1.165, 1.54) is 4.88 Å². The fourth-order valence-electron chi connectivity index (χ4n) is 3.01. The Hall–Kier alpha value is -2.64. The standard InChI is InChI=1S/C22H23N5S2/c1-3-17-11-23-22(24-12-17)27(10-9-19-14-28-15-25-19)13-20-16(2)29-21(26-20)18-7-5-4-6-8-18/h4-8,11-12,14-15H,3,9-10,13H2,1-2H3. The lowest BCUT2D eigenvalue weighted by Crippen LogP contribution is -2.27. The number of aromatic nitrogens is 4. The van der Waals surface area contributed by atoms with Crippen LogP contribution in [0.4, 0.5) is 5.95 Å². The van der Waals surface area contributed by atoms with Crippen LogP contribution in [0.15, 0.2) is 53.6 Å². The molecule has 0 aliphatic heterocycles. The molecule has 5 nitrogen and oxygen atoms in total. The Kier molecular flexibility index (Phi) is 6.27. The van der Waals surface area contributed by atoms with E-state index in [0.717, 1.165) is 52.9 Å². The summed E-state index contributed by atoms with van der Waals surface area (Å²) >= 11 is 3.37. The maximum Gasteiger partial charge on any atom is 0.225 e. The molecular weight excluding hydrogens is 398 g/mol. The van der Waals surface area contributed by atoms with E-state index in [0.29, 0.717) is 6.54 Å². The van der Waals surface area contributed by atoms with Gasteiger partial charge in [-0.15, -0.1) is 22.7 Å². The molecule has 0 unspecified atom stereocenters. The van der Waals surface area contributed by atoms with Crippen LogP contribution in [-0.4, -0.2) is 26.5 Å². The molecule has 4 rings (SSSR count). The first-order chi connectivity index (χ1) is 14.2. The minimum Gasteiger partial charge on any atom is -0.334 e. The predicted molar refractivity (Wildman–Crippen MR) is 121 cm³/mol. The van der Waals surface area contributed by atoms with E-state index in [-0.39, 0.29) is 0 Å². The van der Waals surface area contributed by atoms with Crippen LogP contribution in [0.25, 0.3) is 10.6 Å². The van der Waals surface area contributed by atoms with Crippen LogP contribution in [0.2, 0.25) is 0 Å². The summed E-state index contributed by atoms with van der Waals surface area (Å²) in [5.74, 6) is 0.742. The number of aryl methyl sites for hydroxylation is 2. The number of hydrogen-bond donors (Lipinski definition) is 0. The summed E-state index contributed by atoms with van der Waals surface area (Å²) in [5, 5.41) is 3.15. The van der Waals surface area contributed by atoms with Crippen LogP contribution in [0.5, 0.6) is 0 Å². The van der Waals surface area contributed by atoms with Gasteiger partial charge in [0.2, 0.25) is 5.95 Å². The molecule has 0 aliphatic carbocycles. The summed E-state index contributed by atoms with van der Waals surface area (Å²) in [4.78, 5) is 22.0. The monoisotopic (exact) mass is 421 g/mol. The van der Waals surface area contributed by atoms with Gasteiger partial charge >= 0.3 is 0 Å². The molecule has 0 atom stereocenters. The van der Waals surface area contributed by atoms with Crippen molar-refractivity contribution in [3.8, 4) is 10.6 Å². The zero-order chi connectivity index (χ0) is 20.1. The molecule has 0 saturated carbocycles. The minimum atomic E-state index is 0.685. The number of hydrogen-bond acceptors (Lipinski definition) is 7. The Labute approximate surface area is 179 Å². The topological polar surface area (TPSA) is 54.8 Å². The van der Waals surface area contributed by atoms with Crippen molar-refractivity contribution in [2.75, 3.05) is 11.4 Å². The fourth-order valence-corrected chi connectivity index (χ4v) is 4.53. The molecule has 0 fully saturated rings. The molecule has 0 N–H and O–H groups in total. The molecule has 0 saturated heterocycles. The van der Waals surface area contributed by atoms with Gasteiger partial charge in [-0.1, -0.05) is 37.3 Å². The summed E-state index contributed by atoms with van der Waals surface area (Å²) in [5.41, 5.74) is 6.36. The van der Waals surface area contributed by atoms with Gasteiger partial charge in [-0.05, 0) is 18.9 Å². The van der Waals surface area contributed by atoms with Crippen molar-refractivity contribution < 1.29 is 0 Å². The molecule has 0 bridgehead atoms. The van der Waals surface area contributed by atoms with Crippen molar-refractivity contribution >= 4 is 28.6 Å². The zero-order valence-corrected chi connectivity index (χ0v) is 18.2. The van der Waals surface area contributed by atoms with Crippen LogP contribution >= 0.6 is 22.7 Å². The molecule has 1 aromatic carbocycles. The quantitative estimate of drug-likeness (QED) is 0.392. The zero-order valence-electron chi connectivity index (χ0n) is 16.6. The molecule has 7 heteroatoms. The maximum absolute atomic E-state index is 4.93. The Balaban J connectivity index is 1.58. The van der Waals surface area contributed by atoms with Crippen molar-refractivity contribution in [1.82, 2.24) is 19.9 Å². The first-order valence-electron chi connectivity index (χ1n) is 9.67. The van der Waals surface area contributed by atoms with Gasteiger partial charge in [0, 0.05) is 41.2 Å². The Bertz CT molecular complexity index is 1030. The average Bonchev–Trinajstić information content (AvgIpc) is 3.42. The third-order valence-electron chi connectivity index (χ3n) is 4.76. The van der Waals surface area contributed by atoms with Crippen LogP contribution in [-0.2, 0) is 19.4 Å². The second-order valence-corrected chi connectivity index (χ2v) is 8.71. The van der Waals surface area contributed by atoms with Gasteiger partial charge in [0.25, 0.3) is 0 Å². The van der Waals surface area contributed by atoms with Crippen molar-refractivity contribution in [2.45, 2.75) is 33.2 Å². The first-order valence-corrected chi connectivity index (χ1v) is 11.4. The Morgan fingerprint density at radius 1 is 1.03 bits per heavy atom. The molecule has 4 aromatic rings. The number of benzene rings is 1. The van der Waals surface area contributed by atoms with Gasteiger partial charge in [-0.2, -0.15) is 0 Å². The van der Waals surface area contributed by atoms with Crippen LogP contribution in [0.1, 0.15) is 28.8 Å². The van der Waals surface area contributed by atoms with E-state index in [1.807, 2.05) is 24.0 Å². The molecule has 3 heterocycles. The highest BCUT2D eigenvalue weighted by Gasteiger charge is 2.16. The van der Waals surface area contributed by atoms with Crippen molar-refractivity contribution in [2.24, 2.45) is 0 Å². The first kappa shape index (κ1) is 19.7. The second-order valence-electron chi connectivity index (χ2n) is 6.78. The lowest BCUT2D eigenvalue weighted by atomic mass is 10.2. The minimum absolute atomic E-state index is 0.685. The SMILES string of the molecule is CCc1cnc(N(CCc2cscn2)Cc2nc(-c3ccccc3)sc2C)nc1. The molecule has 0 amide bonds. The second kappa shape index (κ2) is 9.24. The van der Waals surface area contributed by atoms with Crippen molar-refractivity contribution in [3.05, 3.63) is 75.4 Å². The van der Waals surface area contributed by atoms with Crippen molar-refractivity contribution in [1.29, 1.82) is 0 Å². The third kappa shape index (κ3) is 4.86. The average molecular weight is 422 g/mol. The molecule has 0 spiro atoms. The van der Waals surface area contributed by atoms with E-state index in [1.54, 1.807) is 22.7 Å². The molecule has 29 heavy (non-hydrogen) atoms. The lowest BCUT2D eigenvalue weighted by Gasteiger charge is -2.22. The molecule has 148 valence electrons. The summed E-state index contributed by atoms with van der Waals surface area (Å²) in [6.45, 7) is 5.73. The van der Waals surface area contributed by atoms with E-state index in [9.17, 15) is 0 Å². The number of nitrogens with zero attached hydrogens (tertiary/aromatic N) is 5. The summed E-state index contributed by atoms with van der Waals surface area (Å²) in [6, 6.07) is 10.3. The highest BCUT2D eigenvalue weighted by molar-refractivity contribution is 7.15. The van der Waals surface area contributed by atoms with E-state index in [4.69, 9.17) is 4.98 Å². The van der Waals surface area contributed by atoms with Crippen LogP contribution in [0, 0.1) is 6.92 Å². The van der Waals surface area contributed by atoms with Gasteiger partial charge in [-0.3, -0.25) is 0 Å². The van der Waals surface area contributed by atoms with Gasteiger partial charge in [0.05, 0.1) is 23.4 Å². The summed E-state index contributed by atoms with van der Waals surface area (Å²) in [7, 11) is 0. The highest BCUT2D eigenvalue weighted by Crippen LogP contribution is 2.28.